The summed E-state index contributed by atoms with van der Waals surface area (Å²) in [6.07, 6.45) is 6.83. The van der Waals surface area contributed by atoms with Gasteiger partial charge in [-0.3, -0.25) is 4.90 Å². The molecule has 0 spiro atoms. The molecule has 18 heavy (non-hydrogen) atoms. The number of aromatic nitrogens is 1. The van der Waals surface area contributed by atoms with E-state index < -0.39 is 0 Å². The summed E-state index contributed by atoms with van der Waals surface area (Å²) in [5, 5.41) is 12.6. The summed E-state index contributed by atoms with van der Waals surface area (Å²) in [6.45, 7) is 2.41. The molecule has 0 aromatic carbocycles. The second-order valence-electron chi connectivity index (χ2n) is 5.15. The minimum absolute atomic E-state index is 0.451. The van der Waals surface area contributed by atoms with Crippen LogP contribution >= 0.6 is 0 Å². The second-order valence-corrected chi connectivity index (χ2v) is 5.15. The second kappa shape index (κ2) is 4.95. The number of hydrogen-bond acceptors (Lipinski definition) is 4. The lowest BCUT2D eigenvalue weighted by Gasteiger charge is -2.32. The zero-order valence-electron chi connectivity index (χ0n) is 10.5. The van der Waals surface area contributed by atoms with Gasteiger partial charge in [0.25, 0.3) is 0 Å². The van der Waals surface area contributed by atoms with Crippen LogP contribution in [0.15, 0.2) is 18.3 Å². The van der Waals surface area contributed by atoms with Crippen LogP contribution in [0.3, 0.4) is 0 Å². The highest BCUT2D eigenvalue weighted by atomic mass is 15.2. The number of pyridine rings is 1. The Morgan fingerprint density at radius 1 is 1.33 bits per heavy atom. The Labute approximate surface area is 108 Å². The molecule has 0 bridgehead atoms. The molecule has 0 saturated carbocycles. The molecule has 1 aromatic rings. The highest BCUT2D eigenvalue weighted by Crippen LogP contribution is 2.29. The average Bonchev–Trinajstić information content (AvgIpc) is 2.83. The molecule has 1 aromatic heterocycles. The van der Waals surface area contributed by atoms with E-state index >= 15 is 0 Å². The molecule has 94 valence electrons. The maximum atomic E-state index is 9.08. The van der Waals surface area contributed by atoms with Gasteiger partial charge in [0.2, 0.25) is 0 Å². The molecule has 1 N–H and O–H groups in total. The van der Waals surface area contributed by atoms with Crippen LogP contribution in [-0.4, -0.2) is 35.1 Å². The fourth-order valence-electron chi connectivity index (χ4n) is 3.20. The third-order valence-electron chi connectivity index (χ3n) is 4.11. The summed E-state index contributed by atoms with van der Waals surface area (Å²) < 4.78 is 0. The van der Waals surface area contributed by atoms with Crippen molar-refractivity contribution in [1.82, 2.24) is 9.88 Å². The summed E-state index contributed by atoms with van der Waals surface area (Å²) in [5.74, 6) is 0.748. The average molecular weight is 242 g/mol. The molecule has 3 rings (SSSR count). The summed E-state index contributed by atoms with van der Waals surface area (Å²) in [7, 11) is 0. The molecule has 0 radical (unpaired) electrons. The molecule has 2 atom stereocenters. The molecule has 4 nitrogen and oxygen atoms in total. The summed E-state index contributed by atoms with van der Waals surface area (Å²) >= 11 is 0. The normalized spacial score (nSPS) is 27.5. The molecule has 2 saturated heterocycles. The minimum Gasteiger partial charge on any atom is -0.365 e. The van der Waals surface area contributed by atoms with Gasteiger partial charge in [-0.05, 0) is 37.9 Å². The molecule has 0 amide bonds. The Morgan fingerprint density at radius 3 is 3.17 bits per heavy atom. The highest BCUT2D eigenvalue weighted by Gasteiger charge is 2.35. The molecular formula is C14H18N4. The standard InChI is InChI=1S/C14H18N4/c15-10-11-4-3-7-16-14(11)17-12-6-9-18-8-2-1-5-13(12)18/h3-4,7,12-13H,1-2,5-6,8-9H2,(H,16,17)/t12-,13+/m1/s1. The zero-order chi connectivity index (χ0) is 12.4. The van der Waals surface area contributed by atoms with Crippen molar-refractivity contribution in [3.8, 4) is 6.07 Å². The van der Waals surface area contributed by atoms with Gasteiger partial charge in [-0.15, -0.1) is 0 Å². The van der Waals surface area contributed by atoms with Crippen molar-refractivity contribution < 1.29 is 0 Å². The first-order chi connectivity index (χ1) is 8.88. The molecule has 4 heteroatoms. The van der Waals surface area contributed by atoms with E-state index in [2.05, 4.69) is 21.3 Å². The number of anilines is 1. The van der Waals surface area contributed by atoms with Gasteiger partial charge in [0.05, 0.1) is 5.56 Å². The van der Waals surface area contributed by atoms with E-state index in [-0.39, 0.29) is 0 Å². The molecule has 0 aliphatic carbocycles. The summed E-state index contributed by atoms with van der Waals surface area (Å²) in [5.41, 5.74) is 0.645. The topological polar surface area (TPSA) is 52.0 Å². The van der Waals surface area contributed by atoms with Crippen molar-refractivity contribution in [2.45, 2.75) is 37.8 Å². The van der Waals surface area contributed by atoms with Crippen molar-refractivity contribution in [1.29, 1.82) is 5.26 Å². The van der Waals surface area contributed by atoms with E-state index in [0.29, 0.717) is 17.6 Å². The van der Waals surface area contributed by atoms with Crippen molar-refractivity contribution in [3.63, 3.8) is 0 Å². The number of fused-ring (bicyclic) bond motifs is 1. The number of piperidine rings is 1. The lowest BCUT2D eigenvalue weighted by molar-refractivity contribution is 0.192. The summed E-state index contributed by atoms with van der Waals surface area (Å²) in [4.78, 5) is 6.88. The third kappa shape index (κ3) is 2.06. The lowest BCUT2D eigenvalue weighted by atomic mass is 9.99. The molecule has 2 aliphatic heterocycles. The van der Waals surface area contributed by atoms with Crippen LogP contribution in [-0.2, 0) is 0 Å². The van der Waals surface area contributed by atoms with Crippen LogP contribution in [0, 0.1) is 11.3 Å². The highest BCUT2D eigenvalue weighted by molar-refractivity contribution is 5.52. The lowest BCUT2D eigenvalue weighted by Crippen LogP contribution is -2.41. The Bertz CT molecular complexity index is 465. The fraction of sp³-hybridized carbons (Fsp3) is 0.571. The number of nitrogens with zero attached hydrogens (tertiary/aromatic N) is 3. The first-order valence-corrected chi connectivity index (χ1v) is 6.74. The van der Waals surface area contributed by atoms with Gasteiger partial charge in [0.1, 0.15) is 11.9 Å². The number of nitrogens with one attached hydrogen (secondary N) is 1. The van der Waals surface area contributed by atoms with Gasteiger partial charge in [0, 0.05) is 24.8 Å². The smallest absolute Gasteiger partial charge is 0.144 e. The van der Waals surface area contributed by atoms with Gasteiger partial charge < -0.3 is 5.32 Å². The van der Waals surface area contributed by atoms with E-state index in [0.717, 1.165) is 12.2 Å². The summed E-state index contributed by atoms with van der Waals surface area (Å²) in [6, 6.07) is 6.92. The predicted molar refractivity (Wildman–Crippen MR) is 70.2 cm³/mol. The van der Waals surface area contributed by atoms with Gasteiger partial charge in [-0.2, -0.15) is 5.26 Å². The zero-order valence-corrected chi connectivity index (χ0v) is 10.5. The number of hydrogen-bond donors (Lipinski definition) is 1. The quantitative estimate of drug-likeness (QED) is 0.861. The number of nitriles is 1. The van der Waals surface area contributed by atoms with E-state index in [4.69, 9.17) is 5.26 Å². The van der Waals surface area contributed by atoms with Crippen LogP contribution in [0.4, 0.5) is 5.82 Å². The van der Waals surface area contributed by atoms with E-state index in [9.17, 15) is 0 Å². The van der Waals surface area contributed by atoms with Crippen molar-refractivity contribution in [3.05, 3.63) is 23.9 Å². The monoisotopic (exact) mass is 242 g/mol. The fourth-order valence-corrected chi connectivity index (χ4v) is 3.20. The largest absolute Gasteiger partial charge is 0.365 e. The van der Waals surface area contributed by atoms with Crippen molar-refractivity contribution in [2.75, 3.05) is 18.4 Å². The molecule has 0 unspecified atom stereocenters. The first-order valence-electron chi connectivity index (χ1n) is 6.74. The molecular weight excluding hydrogens is 224 g/mol. The van der Waals surface area contributed by atoms with Gasteiger partial charge >= 0.3 is 0 Å². The van der Waals surface area contributed by atoms with Crippen molar-refractivity contribution >= 4 is 5.82 Å². The van der Waals surface area contributed by atoms with E-state index in [1.165, 1.54) is 32.4 Å². The Morgan fingerprint density at radius 2 is 2.28 bits per heavy atom. The molecule has 2 fully saturated rings. The maximum absolute atomic E-state index is 9.08. The van der Waals surface area contributed by atoms with Gasteiger partial charge in [-0.25, -0.2) is 4.98 Å². The van der Waals surface area contributed by atoms with E-state index in [1.807, 2.05) is 12.1 Å². The number of rotatable bonds is 2. The Hall–Kier alpha value is -1.60. The first kappa shape index (κ1) is 11.5. The SMILES string of the molecule is N#Cc1cccnc1N[C@@H]1CCN2CCCC[C@@H]12. The third-order valence-corrected chi connectivity index (χ3v) is 4.11. The minimum atomic E-state index is 0.451. The van der Waals surface area contributed by atoms with Crippen LogP contribution in [0.25, 0.3) is 0 Å². The van der Waals surface area contributed by atoms with E-state index in [1.54, 1.807) is 6.20 Å². The van der Waals surface area contributed by atoms with Gasteiger partial charge in [-0.1, -0.05) is 6.42 Å². The Balaban J connectivity index is 1.75. The van der Waals surface area contributed by atoms with Crippen LogP contribution in [0.1, 0.15) is 31.2 Å². The predicted octanol–water partition coefficient (Wildman–Crippen LogP) is 1.99. The molecule has 3 heterocycles. The van der Waals surface area contributed by atoms with Crippen LogP contribution in [0.5, 0.6) is 0 Å². The maximum Gasteiger partial charge on any atom is 0.144 e. The Kier molecular flexibility index (Phi) is 3.16. The van der Waals surface area contributed by atoms with Crippen molar-refractivity contribution in [2.24, 2.45) is 0 Å². The van der Waals surface area contributed by atoms with Crippen LogP contribution in [0.2, 0.25) is 0 Å². The van der Waals surface area contributed by atoms with Crippen LogP contribution < -0.4 is 5.32 Å². The van der Waals surface area contributed by atoms with Gasteiger partial charge in [0.15, 0.2) is 0 Å². The molecule has 2 aliphatic rings.